The van der Waals surface area contributed by atoms with Crippen LogP contribution in [0.15, 0.2) is 95.9 Å². The van der Waals surface area contributed by atoms with Crippen molar-refractivity contribution in [3.05, 3.63) is 123 Å². The molecule has 4 rings (SSSR count). The molecule has 0 heterocycles. The zero-order valence-corrected chi connectivity index (χ0v) is 22.2. The fraction of sp³-hybridized carbons (Fsp3) is 0.0741. The maximum absolute atomic E-state index is 13.9. The number of aryl methyl sites for hydroxylation is 1. The number of para-hydroxylation sites is 1. The van der Waals surface area contributed by atoms with Gasteiger partial charge in [-0.25, -0.2) is 8.42 Å². The maximum atomic E-state index is 13.9. The molecule has 184 valence electrons. The first-order valence-electron chi connectivity index (χ1n) is 10.8. The summed E-state index contributed by atoms with van der Waals surface area (Å²) in [5.41, 5.74) is 2.40. The van der Waals surface area contributed by atoms with E-state index in [0.717, 1.165) is 5.56 Å². The van der Waals surface area contributed by atoms with Gasteiger partial charge in [0.05, 0.1) is 22.7 Å². The quantitative estimate of drug-likeness (QED) is 0.253. The Labute approximate surface area is 225 Å². The third-order valence-electron chi connectivity index (χ3n) is 5.39. The minimum Gasteiger partial charge on any atom is -0.322 e. The molecule has 1 N–H and O–H groups in total. The number of benzene rings is 4. The van der Waals surface area contributed by atoms with Gasteiger partial charge in [0.25, 0.3) is 15.9 Å². The molecule has 0 atom stereocenters. The number of hydrogen-bond acceptors (Lipinski definition) is 3. The Morgan fingerprint density at radius 3 is 2.06 bits per heavy atom. The summed E-state index contributed by atoms with van der Waals surface area (Å²) in [4.78, 5) is 13.4. The van der Waals surface area contributed by atoms with E-state index >= 15 is 0 Å². The molecule has 9 heteroatoms. The van der Waals surface area contributed by atoms with E-state index in [-0.39, 0.29) is 22.7 Å². The van der Waals surface area contributed by atoms with E-state index in [0.29, 0.717) is 26.3 Å². The number of halogens is 3. The molecule has 0 spiro atoms. The number of sulfonamides is 1. The van der Waals surface area contributed by atoms with E-state index in [4.69, 9.17) is 34.8 Å². The molecule has 0 saturated carbocycles. The minimum absolute atomic E-state index is 0.0132. The lowest BCUT2D eigenvalue weighted by Gasteiger charge is -2.27. The Balaban J connectivity index is 1.79. The van der Waals surface area contributed by atoms with Gasteiger partial charge in [-0.1, -0.05) is 76.8 Å². The van der Waals surface area contributed by atoms with Crippen LogP contribution in [0.2, 0.25) is 15.1 Å². The van der Waals surface area contributed by atoms with Crippen LogP contribution in [0.1, 0.15) is 21.5 Å². The predicted molar refractivity (Wildman–Crippen MR) is 147 cm³/mol. The van der Waals surface area contributed by atoms with Gasteiger partial charge in [0, 0.05) is 20.8 Å². The van der Waals surface area contributed by atoms with Crippen molar-refractivity contribution in [2.75, 3.05) is 9.62 Å². The monoisotopic (exact) mass is 558 g/mol. The second-order valence-electron chi connectivity index (χ2n) is 8.08. The average Bonchev–Trinajstić information content (AvgIpc) is 2.83. The van der Waals surface area contributed by atoms with Crippen LogP contribution in [0, 0.1) is 6.92 Å². The van der Waals surface area contributed by atoms with E-state index in [1.165, 1.54) is 4.31 Å². The average molecular weight is 560 g/mol. The predicted octanol–water partition coefficient (Wildman–Crippen LogP) is 7.60. The van der Waals surface area contributed by atoms with Crippen LogP contribution >= 0.6 is 34.8 Å². The Morgan fingerprint density at radius 2 is 1.42 bits per heavy atom. The topological polar surface area (TPSA) is 66.5 Å². The third-order valence-corrected chi connectivity index (χ3v) is 7.85. The fourth-order valence-electron chi connectivity index (χ4n) is 3.60. The highest BCUT2D eigenvalue weighted by atomic mass is 35.5. The first-order valence-corrected chi connectivity index (χ1v) is 13.4. The molecule has 0 fully saturated rings. The molecule has 4 aromatic carbocycles. The molecule has 5 nitrogen and oxygen atoms in total. The molecule has 0 radical (unpaired) electrons. The van der Waals surface area contributed by atoms with Crippen molar-refractivity contribution >= 4 is 62.1 Å². The fourth-order valence-corrected chi connectivity index (χ4v) is 5.72. The van der Waals surface area contributed by atoms with Crippen molar-refractivity contribution in [3.63, 3.8) is 0 Å². The SMILES string of the molecule is Cc1ccc(S(=O)(=O)N(Cc2ccc(Cl)cc2)c2ccccc2C(=O)Nc2cc(Cl)cc(Cl)c2)cc1. The van der Waals surface area contributed by atoms with Crippen molar-refractivity contribution in [1.82, 2.24) is 0 Å². The van der Waals surface area contributed by atoms with E-state index < -0.39 is 15.9 Å². The van der Waals surface area contributed by atoms with Crippen molar-refractivity contribution in [1.29, 1.82) is 0 Å². The standard InChI is InChI=1S/C27H21Cl3N2O3S/c1-18-6-12-24(13-7-18)36(34,35)32(17-19-8-10-20(28)11-9-19)26-5-3-2-4-25(26)27(33)31-23-15-21(29)14-22(30)16-23/h2-16H,17H2,1H3,(H,31,33). The second-order valence-corrected chi connectivity index (χ2v) is 11.3. The molecule has 4 aromatic rings. The summed E-state index contributed by atoms with van der Waals surface area (Å²) in [6, 6.07) is 24.6. The molecular formula is C27H21Cl3N2O3S. The number of rotatable bonds is 7. The van der Waals surface area contributed by atoms with Crippen LogP contribution in [-0.2, 0) is 16.6 Å². The largest absolute Gasteiger partial charge is 0.322 e. The lowest BCUT2D eigenvalue weighted by Crippen LogP contribution is -2.32. The zero-order chi connectivity index (χ0) is 25.9. The van der Waals surface area contributed by atoms with Gasteiger partial charge in [-0.3, -0.25) is 9.10 Å². The first-order chi connectivity index (χ1) is 17.1. The van der Waals surface area contributed by atoms with Crippen molar-refractivity contribution in [2.24, 2.45) is 0 Å². The minimum atomic E-state index is -4.04. The highest BCUT2D eigenvalue weighted by Crippen LogP contribution is 2.31. The molecule has 0 aliphatic rings. The van der Waals surface area contributed by atoms with Crippen molar-refractivity contribution in [3.8, 4) is 0 Å². The zero-order valence-electron chi connectivity index (χ0n) is 19.1. The molecule has 0 aliphatic heterocycles. The summed E-state index contributed by atoms with van der Waals surface area (Å²) in [5.74, 6) is -0.510. The van der Waals surface area contributed by atoms with Crippen LogP contribution < -0.4 is 9.62 Å². The van der Waals surface area contributed by atoms with Crippen LogP contribution in [0.4, 0.5) is 11.4 Å². The number of anilines is 2. The smallest absolute Gasteiger partial charge is 0.264 e. The number of nitrogens with one attached hydrogen (secondary N) is 1. The van der Waals surface area contributed by atoms with Gasteiger partial charge < -0.3 is 5.32 Å². The number of amides is 1. The van der Waals surface area contributed by atoms with Gasteiger partial charge in [0.2, 0.25) is 0 Å². The summed E-state index contributed by atoms with van der Waals surface area (Å²) >= 11 is 18.2. The number of hydrogen-bond donors (Lipinski definition) is 1. The van der Waals surface area contributed by atoms with Gasteiger partial charge in [0.1, 0.15) is 0 Å². The first kappa shape index (κ1) is 26.0. The van der Waals surface area contributed by atoms with Gasteiger partial charge in [-0.2, -0.15) is 0 Å². The van der Waals surface area contributed by atoms with E-state index in [1.54, 1.807) is 91.0 Å². The van der Waals surface area contributed by atoms with Crippen molar-refractivity contribution < 1.29 is 13.2 Å². The van der Waals surface area contributed by atoms with Gasteiger partial charge in [0.15, 0.2) is 0 Å². The summed E-state index contributed by atoms with van der Waals surface area (Å²) in [6.07, 6.45) is 0. The summed E-state index contributed by atoms with van der Waals surface area (Å²) in [5, 5.41) is 4.01. The second kappa shape index (κ2) is 10.9. The summed E-state index contributed by atoms with van der Waals surface area (Å²) in [6.45, 7) is 1.87. The summed E-state index contributed by atoms with van der Waals surface area (Å²) in [7, 11) is -4.04. The number of carbonyl (C=O) groups excluding carboxylic acids is 1. The van der Waals surface area contributed by atoms with E-state index in [1.807, 2.05) is 6.92 Å². The van der Waals surface area contributed by atoms with Gasteiger partial charge in [-0.15, -0.1) is 0 Å². The molecule has 1 amide bonds. The third kappa shape index (κ3) is 6.02. The molecule has 0 aliphatic carbocycles. The van der Waals surface area contributed by atoms with Crippen LogP contribution in [0.25, 0.3) is 0 Å². The molecule has 0 unspecified atom stereocenters. The van der Waals surface area contributed by atoms with E-state index in [9.17, 15) is 13.2 Å². The van der Waals surface area contributed by atoms with Crippen molar-refractivity contribution in [2.45, 2.75) is 18.4 Å². The maximum Gasteiger partial charge on any atom is 0.264 e. The Morgan fingerprint density at radius 1 is 0.806 bits per heavy atom. The van der Waals surface area contributed by atoms with Crippen LogP contribution in [-0.4, -0.2) is 14.3 Å². The van der Waals surface area contributed by atoms with Gasteiger partial charge in [-0.05, 0) is 67.1 Å². The number of nitrogens with zero attached hydrogens (tertiary/aromatic N) is 1. The Bertz CT molecular complexity index is 1490. The van der Waals surface area contributed by atoms with Crippen LogP contribution in [0.5, 0.6) is 0 Å². The molecular weight excluding hydrogens is 539 g/mol. The molecule has 36 heavy (non-hydrogen) atoms. The lowest BCUT2D eigenvalue weighted by atomic mass is 10.1. The summed E-state index contributed by atoms with van der Waals surface area (Å²) < 4.78 is 29.0. The van der Waals surface area contributed by atoms with E-state index in [2.05, 4.69) is 5.32 Å². The molecule has 0 bridgehead atoms. The van der Waals surface area contributed by atoms with Gasteiger partial charge >= 0.3 is 0 Å². The lowest BCUT2D eigenvalue weighted by molar-refractivity contribution is 0.102. The highest BCUT2D eigenvalue weighted by molar-refractivity contribution is 7.92. The van der Waals surface area contributed by atoms with Crippen LogP contribution in [0.3, 0.4) is 0 Å². The molecule has 0 aromatic heterocycles. The highest BCUT2D eigenvalue weighted by Gasteiger charge is 2.28. The Kier molecular flexibility index (Phi) is 7.91. The Hall–Kier alpha value is -3.03. The normalized spacial score (nSPS) is 11.2. The number of carbonyl (C=O) groups is 1. The molecule has 0 saturated heterocycles.